The summed E-state index contributed by atoms with van der Waals surface area (Å²) in [5.74, 6) is 0. The highest BCUT2D eigenvalue weighted by Crippen LogP contribution is 2.37. The van der Waals surface area contributed by atoms with Crippen molar-refractivity contribution in [3.05, 3.63) is 69.1 Å². The van der Waals surface area contributed by atoms with Gasteiger partial charge >= 0.3 is 0 Å². The topological polar surface area (TPSA) is 0 Å². The molecule has 0 saturated heterocycles. The fraction of sp³-hybridized carbons (Fsp3) is 0.368. The molecule has 0 aromatic carbocycles. The average Bonchev–Trinajstić information content (AvgIpc) is 2.65. The lowest BCUT2D eigenvalue weighted by Crippen LogP contribution is -1.86. The van der Waals surface area contributed by atoms with Gasteiger partial charge < -0.3 is 0 Å². The summed E-state index contributed by atoms with van der Waals surface area (Å²) in [5, 5.41) is 0. The second kappa shape index (κ2) is 7.54. The van der Waals surface area contributed by atoms with Crippen LogP contribution in [0.15, 0.2) is 69.1 Å². The van der Waals surface area contributed by atoms with Gasteiger partial charge in [0.05, 0.1) is 0 Å². The van der Waals surface area contributed by atoms with Crippen LogP contribution in [0.1, 0.15) is 47.5 Å². The molecular weight excluding hydrogens is 260 g/mol. The molecule has 0 aromatic heterocycles. The number of allylic oxidation sites excluding steroid dienone is 9. The molecule has 0 amide bonds. The fourth-order valence-corrected chi connectivity index (χ4v) is 3.17. The van der Waals surface area contributed by atoms with E-state index in [2.05, 4.69) is 59.1 Å². The molecule has 0 unspecified atom stereocenters. The molecular formula is C19H26S. The molecule has 0 fully saturated rings. The van der Waals surface area contributed by atoms with Crippen LogP contribution in [0.5, 0.6) is 0 Å². The molecule has 1 aliphatic rings. The predicted octanol–water partition coefficient (Wildman–Crippen LogP) is 6.72. The molecule has 1 aliphatic carbocycles. The normalized spacial score (nSPS) is 16.6. The molecule has 0 bridgehead atoms. The van der Waals surface area contributed by atoms with Crippen molar-refractivity contribution in [3.8, 4) is 0 Å². The van der Waals surface area contributed by atoms with Crippen molar-refractivity contribution >= 4 is 11.8 Å². The molecule has 0 spiro atoms. The van der Waals surface area contributed by atoms with Gasteiger partial charge in [-0.05, 0) is 73.3 Å². The highest BCUT2D eigenvalue weighted by atomic mass is 32.2. The lowest BCUT2D eigenvalue weighted by atomic mass is 10.0. The van der Waals surface area contributed by atoms with Crippen LogP contribution in [0.4, 0.5) is 0 Å². The van der Waals surface area contributed by atoms with Crippen LogP contribution in [-0.2, 0) is 0 Å². The molecule has 0 radical (unpaired) electrons. The van der Waals surface area contributed by atoms with Gasteiger partial charge in [0.2, 0.25) is 0 Å². The van der Waals surface area contributed by atoms with Gasteiger partial charge in [0.15, 0.2) is 0 Å². The summed E-state index contributed by atoms with van der Waals surface area (Å²) in [7, 11) is 0. The van der Waals surface area contributed by atoms with Crippen molar-refractivity contribution in [1.29, 1.82) is 0 Å². The zero-order chi connectivity index (χ0) is 15.3. The molecule has 1 heteroatoms. The Morgan fingerprint density at radius 3 is 2.40 bits per heavy atom. The summed E-state index contributed by atoms with van der Waals surface area (Å²) >= 11 is 1.66. The average molecular weight is 286 g/mol. The van der Waals surface area contributed by atoms with E-state index in [1.165, 1.54) is 27.9 Å². The minimum absolute atomic E-state index is 1.04. The Morgan fingerprint density at radius 1 is 1.25 bits per heavy atom. The maximum Gasteiger partial charge on any atom is 0.00757 e. The van der Waals surface area contributed by atoms with Crippen LogP contribution in [-0.4, -0.2) is 0 Å². The van der Waals surface area contributed by atoms with Gasteiger partial charge in [0, 0.05) is 4.91 Å². The summed E-state index contributed by atoms with van der Waals surface area (Å²) in [5.41, 5.74) is 7.07. The second-order valence-electron chi connectivity index (χ2n) is 5.24. The maximum absolute atomic E-state index is 4.15. The summed E-state index contributed by atoms with van der Waals surface area (Å²) in [6.07, 6.45) is 8.80. The van der Waals surface area contributed by atoms with E-state index in [9.17, 15) is 0 Å². The van der Waals surface area contributed by atoms with E-state index < -0.39 is 0 Å². The molecule has 20 heavy (non-hydrogen) atoms. The van der Waals surface area contributed by atoms with Gasteiger partial charge in [0.1, 0.15) is 0 Å². The van der Waals surface area contributed by atoms with E-state index in [-0.39, 0.29) is 0 Å². The van der Waals surface area contributed by atoms with Crippen LogP contribution in [0.25, 0.3) is 0 Å². The Morgan fingerprint density at radius 2 is 1.90 bits per heavy atom. The summed E-state index contributed by atoms with van der Waals surface area (Å²) in [6.45, 7) is 18.8. The zero-order valence-electron chi connectivity index (χ0n) is 13.5. The van der Waals surface area contributed by atoms with Gasteiger partial charge in [-0.2, -0.15) is 0 Å². The minimum atomic E-state index is 1.04. The third-order valence-electron chi connectivity index (χ3n) is 3.55. The van der Waals surface area contributed by atoms with E-state index in [1.807, 2.05) is 6.92 Å². The van der Waals surface area contributed by atoms with E-state index in [4.69, 9.17) is 0 Å². The van der Waals surface area contributed by atoms with E-state index in [0.29, 0.717) is 0 Å². The first-order chi connectivity index (χ1) is 9.40. The van der Waals surface area contributed by atoms with Crippen molar-refractivity contribution in [2.45, 2.75) is 47.5 Å². The first kappa shape index (κ1) is 16.8. The largest absolute Gasteiger partial charge is 0.0958 e. The Hall–Kier alpha value is -1.21. The fourth-order valence-electron chi connectivity index (χ4n) is 2.53. The van der Waals surface area contributed by atoms with Crippen molar-refractivity contribution in [1.82, 2.24) is 0 Å². The maximum atomic E-state index is 4.15. The van der Waals surface area contributed by atoms with E-state index >= 15 is 0 Å². The lowest BCUT2D eigenvalue weighted by Gasteiger charge is -2.08. The van der Waals surface area contributed by atoms with Crippen LogP contribution >= 0.6 is 11.8 Å². The highest BCUT2D eigenvalue weighted by molar-refractivity contribution is 8.06. The quantitative estimate of drug-likeness (QED) is 0.488. The summed E-state index contributed by atoms with van der Waals surface area (Å²) in [4.78, 5) is 2.18. The van der Waals surface area contributed by atoms with E-state index in [0.717, 1.165) is 22.7 Å². The molecule has 0 N–H and O–H groups in total. The molecule has 108 valence electrons. The SMILES string of the molecule is C=C(C)SC(=C)/C(C)=C/C1=C(CC)C(C)=C(/C=C\C)C1. The van der Waals surface area contributed by atoms with Gasteiger partial charge in [-0.3, -0.25) is 0 Å². The molecule has 0 nitrogen and oxygen atoms in total. The molecule has 0 heterocycles. The molecule has 0 aromatic rings. The van der Waals surface area contributed by atoms with Crippen LogP contribution in [0, 0.1) is 0 Å². The Labute approximate surface area is 128 Å². The Bertz CT molecular complexity index is 536. The predicted molar refractivity (Wildman–Crippen MR) is 94.8 cm³/mol. The molecule has 1 rings (SSSR count). The van der Waals surface area contributed by atoms with Crippen molar-refractivity contribution in [2.75, 3.05) is 0 Å². The molecule has 0 aliphatic heterocycles. The lowest BCUT2D eigenvalue weighted by molar-refractivity contribution is 1.09. The second-order valence-corrected chi connectivity index (χ2v) is 6.63. The standard InChI is InChI=1S/C19H26S/c1-8-10-17-12-18(19(9-2)15(17)6)11-14(5)16(7)20-13(3)4/h8,10-11H,3,7,9,12H2,1-2,4-6H3/b10-8-,14-11+. The number of rotatable bonds is 6. The highest BCUT2D eigenvalue weighted by Gasteiger charge is 2.17. The van der Waals surface area contributed by atoms with Crippen molar-refractivity contribution in [2.24, 2.45) is 0 Å². The number of hydrogen-bond donors (Lipinski definition) is 0. The van der Waals surface area contributed by atoms with Crippen LogP contribution in [0.2, 0.25) is 0 Å². The van der Waals surface area contributed by atoms with Crippen LogP contribution < -0.4 is 0 Å². The monoisotopic (exact) mass is 286 g/mol. The van der Waals surface area contributed by atoms with Gasteiger partial charge in [0.25, 0.3) is 0 Å². The Balaban J connectivity index is 3.01. The van der Waals surface area contributed by atoms with Crippen molar-refractivity contribution in [3.63, 3.8) is 0 Å². The third-order valence-corrected chi connectivity index (χ3v) is 4.47. The smallest absolute Gasteiger partial charge is 0.00757 e. The number of hydrogen-bond acceptors (Lipinski definition) is 1. The molecule has 0 saturated carbocycles. The molecule has 0 atom stereocenters. The van der Waals surface area contributed by atoms with Gasteiger partial charge in [-0.1, -0.05) is 50.1 Å². The van der Waals surface area contributed by atoms with Crippen molar-refractivity contribution < 1.29 is 0 Å². The summed E-state index contributed by atoms with van der Waals surface area (Å²) in [6, 6.07) is 0. The number of thioether (sulfide) groups is 1. The first-order valence-electron chi connectivity index (χ1n) is 7.16. The van der Waals surface area contributed by atoms with Gasteiger partial charge in [-0.15, -0.1) is 0 Å². The van der Waals surface area contributed by atoms with Crippen LogP contribution in [0.3, 0.4) is 0 Å². The minimum Gasteiger partial charge on any atom is -0.0958 e. The Kier molecular flexibility index (Phi) is 6.35. The first-order valence-corrected chi connectivity index (χ1v) is 7.98. The van der Waals surface area contributed by atoms with E-state index in [1.54, 1.807) is 11.8 Å². The third kappa shape index (κ3) is 4.14. The summed E-state index contributed by atoms with van der Waals surface area (Å²) < 4.78 is 0. The zero-order valence-corrected chi connectivity index (χ0v) is 14.3. The van der Waals surface area contributed by atoms with Gasteiger partial charge in [-0.25, -0.2) is 0 Å².